The quantitative estimate of drug-likeness (QED) is 0.400. The molecular formula is C9H14O. The van der Waals surface area contributed by atoms with Gasteiger partial charge in [0, 0.05) is 5.92 Å². The highest BCUT2D eigenvalue weighted by Crippen LogP contribution is 2.25. The molecule has 0 aromatic carbocycles. The molecule has 10 heavy (non-hydrogen) atoms. The SMILES string of the molecule is CC1C=CC(C=O)C(C)C1. The van der Waals surface area contributed by atoms with E-state index < -0.39 is 0 Å². The predicted octanol–water partition coefficient (Wildman–Crippen LogP) is 2.03. The largest absolute Gasteiger partial charge is 0.303 e. The second-order valence-corrected chi connectivity index (χ2v) is 3.29. The lowest BCUT2D eigenvalue weighted by Gasteiger charge is -2.22. The van der Waals surface area contributed by atoms with Gasteiger partial charge in [-0.2, -0.15) is 0 Å². The van der Waals surface area contributed by atoms with Gasteiger partial charge in [-0.15, -0.1) is 0 Å². The fraction of sp³-hybridized carbons (Fsp3) is 0.667. The molecule has 0 saturated carbocycles. The highest BCUT2D eigenvalue weighted by atomic mass is 16.1. The molecule has 0 aromatic heterocycles. The van der Waals surface area contributed by atoms with Gasteiger partial charge >= 0.3 is 0 Å². The third kappa shape index (κ3) is 1.47. The van der Waals surface area contributed by atoms with Crippen molar-refractivity contribution >= 4 is 6.29 Å². The monoisotopic (exact) mass is 138 g/mol. The van der Waals surface area contributed by atoms with Gasteiger partial charge in [0.25, 0.3) is 0 Å². The molecule has 0 N–H and O–H groups in total. The number of aldehydes is 1. The zero-order chi connectivity index (χ0) is 7.56. The first-order valence-electron chi connectivity index (χ1n) is 3.87. The van der Waals surface area contributed by atoms with Gasteiger partial charge in [-0.3, -0.25) is 0 Å². The summed E-state index contributed by atoms with van der Waals surface area (Å²) in [5.74, 6) is 1.37. The van der Waals surface area contributed by atoms with E-state index in [1.54, 1.807) is 0 Å². The summed E-state index contributed by atoms with van der Waals surface area (Å²) in [5, 5.41) is 0. The van der Waals surface area contributed by atoms with Gasteiger partial charge in [0.1, 0.15) is 6.29 Å². The summed E-state index contributed by atoms with van der Waals surface area (Å²) >= 11 is 0. The lowest BCUT2D eigenvalue weighted by atomic mass is 9.82. The standard InChI is InChI=1S/C9H14O/c1-7-3-4-9(6-10)8(2)5-7/h3-4,6-9H,5H2,1-2H3. The molecule has 3 unspecified atom stereocenters. The maximum Gasteiger partial charge on any atom is 0.127 e. The minimum absolute atomic E-state index is 0.177. The Labute approximate surface area is 62.1 Å². The predicted molar refractivity (Wildman–Crippen MR) is 41.6 cm³/mol. The Morgan fingerprint density at radius 1 is 1.40 bits per heavy atom. The highest BCUT2D eigenvalue weighted by molar-refractivity contribution is 5.57. The van der Waals surface area contributed by atoms with Gasteiger partial charge in [-0.25, -0.2) is 0 Å². The van der Waals surface area contributed by atoms with E-state index in [0.717, 1.165) is 12.7 Å². The summed E-state index contributed by atoms with van der Waals surface area (Å²) in [6.45, 7) is 4.33. The molecule has 0 amide bonds. The number of hydrogen-bond donors (Lipinski definition) is 0. The summed E-state index contributed by atoms with van der Waals surface area (Å²) in [6.07, 6.45) is 6.37. The first-order valence-corrected chi connectivity index (χ1v) is 3.87. The maximum atomic E-state index is 10.4. The first kappa shape index (κ1) is 7.52. The Kier molecular flexibility index (Phi) is 2.25. The average Bonchev–Trinajstić information content (AvgIpc) is 1.88. The summed E-state index contributed by atoms with van der Waals surface area (Å²) < 4.78 is 0. The third-order valence-corrected chi connectivity index (χ3v) is 2.22. The number of carbonyl (C=O) groups is 1. The van der Waals surface area contributed by atoms with Gasteiger partial charge in [0.15, 0.2) is 0 Å². The molecule has 1 rings (SSSR count). The van der Waals surface area contributed by atoms with E-state index >= 15 is 0 Å². The summed E-state index contributed by atoms with van der Waals surface area (Å²) in [6, 6.07) is 0. The van der Waals surface area contributed by atoms with Crippen LogP contribution in [-0.4, -0.2) is 6.29 Å². The summed E-state index contributed by atoms with van der Waals surface area (Å²) in [7, 11) is 0. The molecular weight excluding hydrogens is 124 g/mol. The maximum absolute atomic E-state index is 10.4. The Morgan fingerprint density at radius 2 is 2.10 bits per heavy atom. The van der Waals surface area contributed by atoms with Crippen LogP contribution in [0.5, 0.6) is 0 Å². The minimum Gasteiger partial charge on any atom is -0.303 e. The van der Waals surface area contributed by atoms with Crippen LogP contribution < -0.4 is 0 Å². The van der Waals surface area contributed by atoms with Crippen LogP contribution in [0, 0.1) is 17.8 Å². The van der Waals surface area contributed by atoms with Crippen molar-refractivity contribution in [2.75, 3.05) is 0 Å². The van der Waals surface area contributed by atoms with Crippen molar-refractivity contribution in [1.29, 1.82) is 0 Å². The van der Waals surface area contributed by atoms with Crippen LogP contribution in [0.3, 0.4) is 0 Å². The fourth-order valence-electron chi connectivity index (χ4n) is 1.51. The Balaban J connectivity index is 2.62. The van der Waals surface area contributed by atoms with Crippen molar-refractivity contribution < 1.29 is 4.79 Å². The molecule has 0 fully saturated rings. The van der Waals surface area contributed by atoms with Crippen LogP contribution >= 0.6 is 0 Å². The lowest BCUT2D eigenvalue weighted by Crippen LogP contribution is -2.17. The van der Waals surface area contributed by atoms with Crippen molar-refractivity contribution in [3.8, 4) is 0 Å². The van der Waals surface area contributed by atoms with E-state index in [4.69, 9.17) is 0 Å². The number of carbonyl (C=O) groups excluding carboxylic acids is 1. The molecule has 1 nitrogen and oxygen atoms in total. The molecule has 1 aliphatic carbocycles. The van der Waals surface area contributed by atoms with Gasteiger partial charge < -0.3 is 4.79 Å². The van der Waals surface area contributed by atoms with Crippen LogP contribution in [0.2, 0.25) is 0 Å². The molecule has 3 atom stereocenters. The van der Waals surface area contributed by atoms with Crippen LogP contribution in [0.1, 0.15) is 20.3 Å². The molecule has 56 valence electrons. The summed E-state index contributed by atoms with van der Waals surface area (Å²) in [5.41, 5.74) is 0. The van der Waals surface area contributed by atoms with Gasteiger partial charge in [0.05, 0.1) is 0 Å². The van der Waals surface area contributed by atoms with Gasteiger partial charge in [0.2, 0.25) is 0 Å². The molecule has 1 aliphatic rings. The topological polar surface area (TPSA) is 17.1 Å². The van der Waals surface area contributed by atoms with Crippen molar-refractivity contribution in [1.82, 2.24) is 0 Å². The molecule has 0 radical (unpaired) electrons. The average molecular weight is 138 g/mol. The van der Waals surface area contributed by atoms with Crippen molar-refractivity contribution in [3.63, 3.8) is 0 Å². The Bertz CT molecular complexity index is 149. The molecule has 0 heterocycles. The Morgan fingerprint density at radius 3 is 2.60 bits per heavy atom. The van der Waals surface area contributed by atoms with E-state index in [0.29, 0.717) is 11.8 Å². The van der Waals surface area contributed by atoms with Crippen molar-refractivity contribution in [3.05, 3.63) is 12.2 Å². The number of hydrogen-bond acceptors (Lipinski definition) is 1. The lowest BCUT2D eigenvalue weighted by molar-refractivity contribution is -0.111. The first-order chi connectivity index (χ1) is 4.74. The number of rotatable bonds is 1. The second kappa shape index (κ2) is 3.00. The molecule has 0 bridgehead atoms. The van der Waals surface area contributed by atoms with Crippen LogP contribution in [0.25, 0.3) is 0 Å². The minimum atomic E-state index is 0.177. The smallest absolute Gasteiger partial charge is 0.127 e. The van der Waals surface area contributed by atoms with E-state index in [9.17, 15) is 4.79 Å². The van der Waals surface area contributed by atoms with Crippen molar-refractivity contribution in [2.24, 2.45) is 17.8 Å². The van der Waals surface area contributed by atoms with E-state index in [-0.39, 0.29) is 5.92 Å². The van der Waals surface area contributed by atoms with Crippen molar-refractivity contribution in [2.45, 2.75) is 20.3 Å². The third-order valence-electron chi connectivity index (χ3n) is 2.22. The summed E-state index contributed by atoms with van der Waals surface area (Å²) in [4.78, 5) is 10.4. The van der Waals surface area contributed by atoms with E-state index in [2.05, 4.69) is 19.9 Å². The van der Waals surface area contributed by atoms with Crippen LogP contribution in [0.4, 0.5) is 0 Å². The molecule has 0 saturated heterocycles. The molecule has 0 aromatic rings. The normalized spacial score (nSPS) is 39.6. The zero-order valence-corrected chi connectivity index (χ0v) is 6.58. The number of allylic oxidation sites excluding steroid dienone is 2. The highest BCUT2D eigenvalue weighted by Gasteiger charge is 2.19. The van der Waals surface area contributed by atoms with Crippen LogP contribution in [-0.2, 0) is 4.79 Å². The second-order valence-electron chi connectivity index (χ2n) is 3.29. The zero-order valence-electron chi connectivity index (χ0n) is 6.58. The van der Waals surface area contributed by atoms with Gasteiger partial charge in [-0.1, -0.05) is 26.0 Å². The van der Waals surface area contributed by atoms with E-state index in [1.807, 2.05) is 6.08 Å². The molecule has 0 spiro atoms. The van der Waals surface area contributed by atoms with Gasteiger partial charge in [-0.05, 0) is 18.3 Å². The van der Waals surface area contributed by atoms with Crippen LogP contribution in [0.15, 0.2) is 12.2 Å². The molecule has 0 aliphatic heterocycles. The Hall–Kier alpha value is -0.590. The van der Waals surface area contributed by atoms with E-state index in [1.165, 1.54) is 0 Å². The fourth-order valence-corrected chi connectivity index (χ4v) is 1.51. The molecule has 1 heteroatoms.